The van der Waals surface area contributed by atoms with E-state index in [0.717, 1.165) is 18.2 Å². The van der Waals surface area contributed by atoms with Gasteiger partial charge in [0.1, 0.15) is 17.2 Å². The first kappa shape index (κ1) is 15.3. The molecule has 0 aromatic heterocycles. The number of halogens is 3. The number of primary amides is 1. The predicted molar refractivity (Wildman–Crippen MR) is 78.0 cm³/mol. The van der Waals surface area contributed by atoms with E-state index in [1.165, 1.54) is 6.92 Å². The highest BCUT2D eigenvalue weighted by Gasteiger charge is 2.34. The smallest absolute Gasteiger partial charge is 0.247 e. The number of hydrogen-bond acceptors (Lipinski definition) is 2. The van der Waals surface area contributed by atoms with E-state index in [2.05, 4.69) is 5.32 Å². The molecule has 2 aromatic rings. The summed E-state index contributed by atoms with van der Waals surface area (Å²) in [5.41, 5.74) is 4.53. The van der Waals surface area contributed by atoms with E-state index in [4.69, 9.17) is 17.3 Å². The Balaban J connectivity index is 2.47. The molecule has 0 spiro atoms. The summed E-state index contributed by atoms with van der Waals surface area (Å²) in [6.07, 6.45) is 0. The van der Waals surface area contributed by atoms with Gasteiger partial charge in [0.2, 0.25) is 5.91 Å². The van der Waals surface area contributed by atoms with Gasteiger partial charge < -0.3 is 11.1 Å². The fraction of sp³-hybridized carbons (Fsp3) is 0.133. The quantitative estimate of drug-likeness (QED) is 0.909. The van der Waals surface area contributed by atoms with Crippen molar-refractivity contribution in [2.75, 3.05) is 5.32 Å². The molecular formula is C15H13ClF2N2O. The molecule has 0 bridgehead atoms. The standard InChI is InChI=1S/C15H13ClF2N2O/c1-15(14(19)21,9-5-11(17)8-12(18)6-9)20-13-4-2-3-10(16)7-13/h2-8,20H,1H3,(H2,19,21). The molecule has 0 saturated carbocycles. The molecule has 0 aliphatic rings. The lowest BCUT2D eigenvalue weighted by molar-refractivity contribution is -0.122. The molecule has 21 heavy (non-hydrogen) atoms. The van der Waals surface area contributed by atoms with Crippen molar-refractivity contribution in [2.24, 2.45) is 5.73 Å². The van der Waals surface area contributed by atoms with Crippen LogP contribution in [0.4, 0.5) is 14.5 Å². The van der Waals surface area contributed by atoms with Crippen LogP contribution in [-0.2, 0) is 10.3 Å². The van der Waals surface area contributed by atoms with Gasteiger partial charge >= 0.3 is 0 Å². The van der Waals surface area contributed by atoms with Crippen LogP contribution < -0.4 is 11.1 Å². The highest BCUT2D eigenvalue weighted by molar-refractivity contribution is 6.30. The normalized spacial score (nSPS) is 13.5. The molecule has 1 unspecified atom stereocenters. The third-order valence-corrected chi connectivity index (χ3v) is 3.39. The number of carbonyl (C=O) groups excluding carboxylic acids is 1. The summed E-state index contributed by atoms with van der Waals surface area (Å²) < 4.78 is 26.8. The summed E-state index contributed by atoms with van der Waals surface area (Å²) in [5.74, 6) is -2.34. The Bertz CT molecular complexity index is 673. The lowest BCUT2D eigenvalue weighted by Crippen LogP contribution is -2.45. The Labute approximate surface area is 125 Å². The van der Waals surface area contributed by atoms with Crippen LogP contribution in [0.25, 0.3) is 0 Å². The minimum atomic E-state index is -1.48. The molecule has 0 heterocycles. The largest absolute Gasteiger partial charge is 0.368 e. The van der Waals surface area contributed by atoms with E-state index in [0.29, 0.717) is 10.7 Å². The summed E-state index contributed by atoms with van der Waals surface area (Å²) in [6.45, 7) is 1.45. The van der Waals surface area contributed by atoms with Crippen LogP contribution in [0.3, 0.4) is 0 Å². The van der Waals surface area contributed by atoms with E-state index < -0.39 is 23.1 Å². The maximum Gasteiger partial charge on any atom is 0.247 e. The van der Waals surface area contributed by atoms with Crippen LogP contribution in [0.5, 0.6) is 0 Å². The molecule has 0 aliphatic heterocycles. The molecule has 0 fully saturated rings. The molecular weight excluding hydrogens is 298 g/mol. The first-order valence-electron chi connectivity index (χ1n) is 6.11. The first-order valence-corrected chi connectivity index (χ1v) is 6.49. The fourth-order valence-corrected chi connectivity index (χ4v) is 2.16. The number of amides is 1. The van der Waals surface area contributed by atoms with Gasteiger partial charge in [-0.1, -0.05) is 17.7 Å². The van der Waals surface area contributed by atoms with E-state index >= 15 is 0 Å². The van der Waals surface area contributed by atoms with E-state index in [9.17, 15) is 13.6 Å². The summed E-state index contributed by atoms with van der Waals surface area (Å²) in [7, 11) is 0. The Kier molecular flexibility index (Phi) is 4.14. The van der Waals surface area contributed by atoms with Crippen molar-refractivity contribution in [1.82, 2.24) is 0 Å². The molecule has 3 nitrogen and oxygen atoms in total. The lowest BCUT2D eigenvalue weighted by Gasteiger charge is -2.29. The van der Waals surface area contributed by atoms with Gasteiger partial charge in [-0.25, -0.2) is 8.78 Å². The molecule has 1 amide bonds. The van der Waals surface area contributed by atoms with Gasteiger partial charge in [0.25, 0.3) is 0 Å². The van der Waals surface area contributed by atoms with Crippen LogP contribution in [0, 0.1) is 11.6 Å². The van der Waals surface area contributed by atoms with Gasteiger partial charge in [-0.05, 0) is 42.8 Å². The van der Waals surface area contributed by atoms with Crippen molar-refractivity contribution in [3.63, 3.8) is 0 Å². The zero-order valence-electron chi connectivity index (χ0n) is 11.2. The highest BCUT2D eigenvalue weighted by atomic mass is 35.5. The number of nitrogens with one attached hydrogen (secondary N) is 1. The Morgan fingerprint density at radius 2 is 1.81 bits per heavy atom. The molecule has 0 radical (unpaired) electrons. The van der Waals surface area contributed by atoms with Gasteiger partial charge in [-0.2, -0.15) is 0 Å². The zero-order valence-corrected chi connectivity index (χ0v) is 11.9. The number of rotatable bonds is 4. The minimum Gasteiger partial charge on any atom is -0.368 e. The number of hydrogen-bond donors (Lipinski definition) is 2. The second-order valence-electron chi connectivity index (χ2n) is 4.78. The van der Waals surface area contributed by atoms with Crippen LogP contribution >= 0.6 is 11.6 Å². The van der Waals surface area contributed by atoms with Crippen molar-refractivity contribution < 1.29 is 13.6 Å². The van der Waals surface area contributed by atoms with Gasteiger partial charge in [0.15, 0.2) is 0 Å². The molecule has 6 heteroatoms. The third kappa shape index (κ3) is 3.31. The monoisotopic (exact) mass is 310 g/mol. The lowest BCUT2D eigenvalue weighted by atomic mass is 9.90. The fourth-order valence-electron chi connectivity index (χ4n) is 1.97. The summed E-state index contributed by atoms with van der Waals surface area (Å²) in [5, 5.41) is 3.33. The molecule has 0 saturated heterocycles. The summed E-state index contributed by atoms with van der Waals surface area (Å²) in [4.78, 5) is 11.8. The van der Waals surface area contributed by atoms with Crippen molar-refractivity contribution in [1.29, 1.82) is 0 Å². The average Bonchev–Trinajstić information content (AvgIpc) is 2.37. The summed E-state index contributed by atoms with van der Waals surface area (Å²) >= 11 is 5.87. The molecule has 3 N–H and O–H groups in total. The summed E-state index contributed by atoms with van der Waals surface area (Å²) in [6, 6.07) is 9.44. The van der Waals surface area contributed by atoms with E-state index in [1.54, 1.807) is 24.3 Å². The SMILES string of the molecule is CC(Nc1cccc(Cl)c1)(C(N)=O)c1cc(F)cc(F)c1. The van der Waals surface area contributed by atoms with Crippen molar-refractivity contribution in [3.05, 3.63) is 64.7 Å². The molecule has 2 rings (SSSR count). The number of benzene rings is 2. The topological polar surface area (TPSA) is 55.1 Å². The number of anilines is 1. The van der Waals surface area contributed by atoms with Gasteiger partial charge in [-0.15, -0.1) is 0 Å². The van der Waals surface area contributed by atoms with Crippen molar-refractivity contribution in [2.45, 2.75) is 12.5 Å². The maximum absolute atomic E-state index is 13.4. The second-order valence-corrected chi connectivity index (χ2v) is 5.22. The highest BCUT2D eigenvalue weighted by Crippen LogP contribution is 2.28. The number of carbonyl (C=O) groups is 1. The molecule has 2 aromatic carbocycles. The zero-order chi connectivity index (χ0) is 15.6. The average molecular weight is 311 g/mol. The van der Waals surface area contributed by atoms with Crippen LogP contribution in [0.15, 0.2) is 42.5 Å². The Morgan fingerprint density at radius 1 is 1.19 bits per heavy atom. The van der Waals surface area contributed by atoms with Crippen molar-refractivity contribution >= 4 is 23.2 Å². The Morgan fingerprint density at radius 3 is 2.33 bits per heavy atom. The van der Waals surface area contributed by atoms with E-state index in [1.807, 2.05) is 0 Å². The minimum absolute atomic E-state index is 0.0903. The molecule has 110 valence electrons. The van der Waals surface area contributed by atoms with Crippen LogP contribution in [0.1, 0.15) is 12.5 Å². The van der Waals surface area contributed by atoms with Crippen LogP contribution in [-0.4, -0.2) is 5.91 Å². The first-order chi connectivity index (χ1) is 9.81. The number of nitrogens with two attached hydrogens (primary N) is 1. The maximum atomic E-state index is 13.4. The predicted octanol–water partition coefficient (Wildman–Crippen LogP) is 3.43. The molecule has 1 atom stereocenters. The van der Waals surface area contributed by atoms with Crippen molar-refractivity contribution in [3.8, 4) is 0 Å². The van der Waals surface area contributed by atoms with Gasteiger partial charge in [-0.3, -0.25) is 4.79 Å². The van der Waals surface area contributed by atoms with Gasteiger partial charge in [0.05, 0.1) is 0 Å². The third-order valence-electron chi connectivity index (χ3n) is 3.15. The molecule has 0 aliphatic carbocycles. The Hall–Kier alpha value is -2.14. The van der Waals surface area contributed by atoms with E-state index in [-0.39, 0.29) is 5.56 Å². The van der Waals surface area contributed by atoms with Gasteiger partial charge in [0, 0.05) is 16.8 Å². The van der Waals surface area contributed by atoms with Crippen LogP contribution in [0.2, 0.25) is 5.02 Å². The second kappa shape index (κ2) is 5.69.